The summed E-state index contributed by atoms with van der Waals surface area (Å²) in [5.41, 5.74) is 0.968. The van der Waals surface area contributed by atoms with Crippen LogP contribution in [-0.2, 0) is 4.79 Å². The van der Waals surface area contributed by atoms with Gasteiger partial charge in [0, 0.05) is 12.1 Å². The molecule has 17 heavy (non-hydrogen) atoms. The van der Waals surface area contributed by atoms with Gasteiger partial charge in [0.1, 0.15) is 6.42 Å². The smallest absolute Gasteiger partial charge is 0.255 e. The first kappa shape index (κ1) is 11.5. The van der Waals surface area contributed by atoms with Crippen LogP contribution in [0, 0.1) is 11.3 Å². The van der Waals surface area contributed by atoms with Gasteiger partial charge in [-0.15, -0.1) is 0 Å². The van der Waals surface area contributed by atoms with E-state index in [-0.39, 0.29) is 12.8 Å². The van der Waals surface area contributed by atoms with Gasteiger partial charge in [0.25, 0.3) is 5.92 Å². The van der Waals surface area contributed by atoms with Crippen LogP contribution in [0.1, 0.15) is 24.3 Å². The van der Waals surface area contributed by atoms with Crippen LogP contribution in [-0.4, -0.2) is 11.8 Å². The van der Waals surface area contributed by atoms with E-state index >= 15 is 0 Å². The van der Waals surface area contributed by atoms with Gasteiger partial charge in [-0.3, -0.25) is 4.79 Å². The lowest BCUT2D eigenvalue weighted by atomic mass is 10.1. The molecule has 0 radical (unpaired) electrons. The van der Waals surface area contributed by atoms with Gasteiger partial charge >= 0.3 is 0 Å². The summed E-state index contributed by atoms with van der Waals surface area (Å²) in [7, 11) is 0. The summed E-state index contributed by atoms with van der Waals surface area (Å²) in [5.74, 6) is -3.79. The third-order valence-corrected chi connectivity index (χ3v) is 2.64. The Kier molecular flexibility index (Phi) is 2.80. The Hall–Kier alpha value is -1.96. The number of carbonyl (C=O) groups excluding carboxylic acids is 1. The molecular weight excluding hydrogens is 226 g/mol. The number of nitrogens with one attached hydrogen (secondary N) is 1. The van der Waals surface area contributed by atoms with Gasteiger partial charge < -0.3 is 5.32 Å². The average molecular weight is 236 g/mol. The summed E-state index contributed by atoms with van der Waals surface area (Å²) in [5, 5.41) is 10.8. The molecule has 0 bridgehead atoms. The maximum Gasteiger partial charge on any atom is 0.255 e. The first-order chi connectivity index (χ1) is 8.03. The van der Waals surface area contributed by atoms with Crippen LogP contribution in [0.5, 0.6) is 0 Å². The van der Waals surface area contributed by atoms with Gasteiger partial charge in [-0.05, 0) is 17.7 Å². The second-order valence-electron chi connectivity index (χ2n) is 4.03. The third kappa shape index (κ3) is 2.59. The minimum atomic E-state index is -2.62. The third-order valence-electron chi connectivity index (χ3n) is 2.64. The Morgan fingerprint density at radius 3 is 2.88 bits per heavy atom. The van der Waals surface area contributed by atoms with Crippen LogP contribution >= 0.6 is 0 Å². The number of hydrogen-bond donors (Lipinski definition) is 1. The number of benzene rings is 1. The van der Waals surface area contributed by atoms with Gasteiger partial charge in [-0.1, -0.05) is 12.1 Å². The molecule has 0 spiro atoms. The molecular formula is C12H10F2N2O. The highest BCUT2D eigenvalue weighted by Crippen LogP contribution is 2.55. The second-order valence-corrected chi connectivity index (χ2v) is 4.03. The van der Waals surface area contributed by atoms with Crippen molar-refractivity contribution < 1.29 is 13.6 Å². The largest absolute Gasteiger partial charge is 0.325 e. The van der Waals surface area contributed by atoms with Crippen molar-refractivity contribution in [2.24, 2.45) is 0 Å². The molecule has 1 aromatic rings. The Labute approximate surface area is 97.1 Å². The molecule has 0 saturated heterocycles. The molecule has 1 aliphatic rings. The number of halogens is 2. The molecule has 0 aromatic heterocycles. The fourth-order valence-corrected chi connectivity index (χ4v) is 1.69. The van der Waals surface area contributed by atoms with E-state index in [0.29, 0.717) is 11.3 Å². The number of amides is 1. The van der Waals surface area contributed by atoms with Crippen molar-refractivity contribution in [1.82, 2.24) is 0 Å². The molecule has 1 fully saturated rings. The van der Waals surface area contributed by atoms with Crippen LogP contribution in [0.2, 0.25) is 0 Å². The molecule has 0 aliphatic heterocycles. The summed E-state index contributed by atoms with van der Waals surface area (Å²) in [6, 6.07) is 8.09. The zero-order valence-corrected chi connectivity index (χ0v) is 8.91. The molecule has 1 saturated carbocycles. The lowest BCUT2D eigenvalue weighted by Gasteiger charge is -2.05. The quantitative estimate of drug-likeness (QED) is 0.877. The van der Waals surface area contributed by atoms with E-state index in [4.69, 9.17) is 5.26 Å². The summed E-state index contributed by atoms with van der Waals surface area (Å²) >= 11 is 0. The van der Waals surface area contributed by atoms with Gasteiger partial charge in [0.15, 0.2) is 0 Å². The molecule has 88 valence electrons. The number of rotatable bonds is 3. The van der Waals surface area contributed by atoms with Crippen molar-refractivity contribution in [2.75, 3.05) is 5.32 Å². The molecule has 1 aromatic carbocycles. The van der Waals surface area contributed by atoms with E-state index in [2.05, 4.69) is 5.32 Å². The van der Waals surface area contributed by atoms with Crippen LogP contribution in [0.15, 0.2) is 24.3 Å². The Bertz CT molecular complexity index is 494. The first-order valence-corrected chi connectivity index (χ1v) is 5.17. The molecule has 1 amide bonds. The monoisotopic (exact) mass is 236 g/mol. The predicted molar refractivity (Wildman–Crippen MR) is 57.6 cm³/mol. The molecule has 2 rings (SSSR count). The molecule has 1 unspecified atom stereocenters. The minimum absolute atomic E-state index is 0.136. The summed E-state index contributed by atoms with van der Waals surface area (Å²) in [6.45, 7) is 0. The highest BCUT2D eigenvalue weighted by molar-refractivity contribution is 5.92. The minimum Gasteiger partial charge on any atom is -0.325 e. The number of carbonyl (C=O) groups is 1. The first-order valence-electron chi connectivity index (χ1n) is 5.17. The summed E-state index contributed by atoms with van der Waals surface area (Å²) in [6.07, 6.45) is -0.383. The van der Waals surface area contributed by atoms with Gasteiger partial charge in [0.05, 0.1) is 12.0 Å². The van der Waals surface area contributed by atoms with Crippen molar-refractivity contribution in [1.29, 1.82) is 5.26 Å². The number of nitrogens with zero attached hydrogens (tertiary/aromatic N) is 1. The van der Waals surface area contributed by atoms with Gasteiger partial charge in [-0.2, -0.15) is 5.26 Å². The van der Waals surface area contributed by atoms with Crippen molar-refractivity contribution >= 4 is 11.6 Å². The molecule has 3 nitrogen and oxygen atoms in total. The van der Waals surface area contributed by atoms with Crippen molar-refractivity contribution in [3.63, 3.8) is 0 Å². The Morgan fingerprint density at radius 2 is 2.29 bits per heavy atom. The number of anilines is 1. The predicted octanol–water partition coefficient (Wildman–Crippen LogP) is 2.66. The van der Waals surface area contributed by atoms with E-state index in [1.807, 2.05) is 0 Å². The van der Waals surface area contributed by atoms with E-state index in [0.717, 1.165) is 0 Å². The number of nitriles is 1. The maximum atomic E-state index is 12.9. The van der Waals surface area contributed by atoms with Crippen LogP contribution < -0.4 is 5.32 Å². The van der Waals surface area contributed by atoms with Gasteiger partial charge in [-0.25, -0.2) is 8.78 Å². The fraction of sp³-hybridized carbons (Fsp3) is 0.333. The van der Waals surface area contributed by atoms with Crippen LogP contribution in [0.3, 0.4) is 0 Å². The second kappa shape index (κ2) is 4.13. The van der Waals surface area contributed by atoms with Crippen molar-refractivity contribution in [3.05, 3.63) is 29.8 Å². The van der Waals surface area contributed by atoms with Crippen LogP contribution in [0.25, 0.3) is 0 Å². The van der Waals surface area contributed by atoms with E-state index < -0.39 is 17.7 Å². The molecule has 0 heterocycles. The van der Waals surface area contributed by atoms with E-state index in [1.165, 1.54) is 6.07 Å². The number of alkyl halides is 2. The summed E-state index contributed by atoms with van der Waals surface area (Å²) < 4.78 is 25.7. The lowest BCUT2D eigenvalue weighted by molar-refractivity contribution is -0.115. The van der Waals surface area contributed by atoms with Crippen LogP contribution in [0.4, 0.5) is 14.5 Å². The Morgan fingerprint density at radius 1 is 1.59 bits per heavy atom. The number of hydrogen-bond acceptors (Lipinski definition) is 2. The van der Waals surface area contributed by atoms with E-state index in [1.54, 1.807) is 24.3 Å². The normalized spacial score (nSPS) is 20.4. The summed E-state index contributed by atoms with van der Waals surface area (Å²) in [4.78, 5) is 11.2. The molecule has 1 atom stereocenters. The highest BCUT2D eigenvalue weighted by Gasteiger charge is 2.57. The molecule has 5 heteroatoms. The van der Waals surface area contributed by atoms with Crippen molar-refractivity contribution in [2.45, 2.75) is 24.7 Å². The fourth-order valence-electron chi connectivity index (χ4n) is 1.69. The average Bonchev–Trinajstić information content (AvgIpc) is 2.88. The van der Waals surface area contributed by atoms with E-state index in [9.17, 15) is 13.6 Å². The topological polar surface area (TPSA) is 52.9 Å². The highest BCUT2D eigenvalue weighted by atomic mass is 19.3. The standard InChI is InChI=1S/C12H10F2N2O/c13-12(14)7-10(12)8-2-1-3-9(6-8)16-11(17)4-5-15/h1-3,6,10H,4,7H2,(H,16,17). The zero-order chi connectivity index (χ0) is 12.5. The van der Waals surface area contributed by atoms with Crippen molar-refractivity contribution in [3.8, 4) is 6.07 Å². The molecule has 1 N–H and O–H groups in total. The molecule has 1 aliphatic carbocycles. The maximum absolute atomic E-state index is 12.9. The Balaban J connectivity index is 2.08. The zero-order valence-electron chi connectivity index (χ0n) is 8.91. The van der Waals surface area contributed by atoms with Gasteiger partial charge in [0.2, 0.25) is 5.91 Å². The SMILES string of the molecule is N#CCC(=O)Nc1cccc(C2CC2(F)F)c1. The lowest BCUT2D eigenvalue weighted by Crippen LogP contribution is -2.10.